The summed E-state index contributed by atoms with van der Waals surface area (Å²) in [5.41, 5.74) is -0.0996. The van der Waals surface area contributed by atoms with E-state index in [1.165, 1.54) is 19.2 Å². The van der Waals surface area contributed by atoms with E-state index in [9.17, 15) is 27.6 Å². The average molecular weight is 454 g/mol. The quantitative estimate of drug-likeness (QED) is 0.248. The van der Waals surface area contributed by atoms with Crippen molar-refractivity contribution >= 4 is 17.5 Å². The topological polar surface area (TPSA) is 60.4 Å². The molecule has 0 amide bonds. The molecule has 0 aromatic heterocycles. The summed E-state index contributed by atoms with van der Waals surface area (Å²) >= 11 is 0. The predicted molar refractivity (Wildman–Crippen MR) is 116 cm³/mol. The Labute approximate surface area is 189 Å². The first-order chi connectivity index (χ1) is 15.7. The van der Waals surface area contributed by atoms with E-state index in [2.05, 4.69) is 0 Å². The van der Waals surface area contributed by atoms with Gasteiger partial charge in [-0.3, -0.25) is 14.4 Å². The number of esters is 1. The molecule has 0 spiro atoms. The maximum absolute atomic E-state index is 13.5. The molecule has 7 heteroatoms. The molecule has 3 rings (SSSR count). The molecule has 33 heavy (non-hydrogen) atoms. The molecular weight excluding hydrogens is 433 g/mol. The van der Waals surface area contributed by atoms with E-state index in [1.54, 1.807) is 60.7 Å². The van der Waals surface area contributed by atoms with Crippen LogP contribution in [0.15, 0.2) is 84.9 Å². The Morgan fingerprint density at radius 3 is 1.61 bits per heavy atom. The standard InChI is InChI=1S/C26H21F3O4/c1-33-22(30)16-21(17-12-14-20(15-13-17)26(27,28)29)23(24(31)18-8-4-2-5-9-18)25(32)19-10-6-3-7-11-19/h2-15,21,23H,16H2,1H3. The number of carbonyl (C=O) groups is 3. The van der Waals surface area contributed by atoms with Crippen LogP contribution in [0.4, 0.5) is 13.2 Å². The maximum atomic E-state index is 13.5. The van der Waals surface area contributed by atoms with Gasteiger partial charge in [-0.1, -0.05) is 72.8 Å². The first-order valence-electron chi connectivity index (χ1n) is 10.1. The minimum Gasteiger partial charge on any atom is -0.469 e. The van der Waals surface area contributed by atoms with Gasteiger partial charge in [0, 0.05) is 17.0 Å². The lowest BCUT2D eigenvalue weighted by Gasteiger charge is -2.25. The van der Waals surface area contributed by atoms with Crippen LogP contribution in [0.2, 0.25) is 0 Å². The molecule has 170 valence electrons. The summed E-state index contributed by atoms with van der Waals surface area (Å²) in [6.45, 7) is 0. The van der Waals surface area contributed by atoms with E-state index in [4.69, 9.17) is 4.74 Å². The van der Waals surface area contributed by atoms with Gasteiger partial charge in [0.25, 0.3) is 0 Å². The first kappa shape index (κ1) is 23.9. The number of carbonyl (C=O) groups excluding carboxylic acids is 3. The zero-order valence-corrected chi connectivity index (χ0v) is 17.7. The highest BCUT2D eigenvalue weighted by Crippen LogP contribution is 2.36. The van der Waals surface area contributed by atoms with Crippen molar-refractivity contribution in [3.05, 3.63) is 107 Å². The Balaban J connectivity index is 2.13. The van der Waals surface area contributed by atoms with Crippen molar-refractivity contribution in [3.63, 3.8) is 0 Å². The van der Waals surface area contributed by atoms with Gasteiger partial charge in [-0.05, 0) is 17.7 Å². The summed E-state index contributed by atoms with van der Waals surface area (Å²) in [4.78, 5) is 39.3. The Bertz CT molecular complexity index is 1060. The summed E-state index contributed by atoms with van der Waals surface area (Å²) in [6.07, 6.45) is -4.90. The van der Waals surface area contributed by atoms with Gasteiger partial charge in [0.05, 0.1) is 25.0 Å². The minimum absolute atomic E-state index is 0.256. The van der Waals surface area contributed by atoms with Crippen LogP contribution in [0.1, 0.15) is 44.2 Å². The third kappa shape index (κ3) is 5.74. The van der Waals surface area contributed by atoms with Crippen LogP contribution in [0, 0.1) is 5.92 Å². The van der Waals surface area contributed by atoms with E-state index < -0.39 is 41.1 Å². The zero-order valence-electron chi connectivity index (χ0n) is 17.7. The van der Waals surface area contributed by atoms with E-state index in [1.807, 2.05) is 0 Å². The number of Topliss-reactive ketones (excluding diaryl/α,β-unsaturated/α-hetero) is 2. The third-order valence-corrected chi connectivity index (χ3v) is 5.36. The van der Waals surface area contributed by atoms with E-state index in [-0.39, 0.29) is 23.1 Å². The summed E-state index contributed by atoms with van der Waals surface area (Å²) in [5, 5.41) is 0. The lowest BCUT2D eigenvalue weighted by Crippen LogP contribution is -2.32. The van der Waals surface area contributed by atoms with Crippen molar-refractivity contribution in [2.45, 2.75) is 18.5 Å². The van der Waals surface area contributed by atoms with Gasteiger partial charge in [0.1, 0.15) is 0 Å². The molecule has 0 bridgehead atoms. The van der Waals surface area contributed by atoms with Crippen LogP contribution in [-0.2, 0) is 15.7 Å². The molecule has 0 heterocycles. The molecule has 1 atom stereocenters. The van der Waals surface area contributed by atoms with Gasteiger partial charge in [-0.25, -0.2) is 0 Å². The smallest absolute Gasteiger partial charge is 0.416 e. The summed E-state index contributed by atoms with van der Waals surface area (Å²) in [6, 6.07) is 20.3. The van der Waals surface area contributed by atoms with Gasteiger partial charge >= 0.3 is 12.1 Å². The highest BCUT2D eigenvalue weighted by Gasteiger charge is 2.39. The molecule has 3 aromatic rings. The average Bonchev–Trinajstić information content (AvgIpc) is 2.83. The Hall–Kier alpha value is -3.74. The molecule has 4 nitrogen and oxygen atoms in total. The van der Waals surface area contributed by atoms with Gasteiger partial charge in [0.2, 0.25) is 0 Å². The largest absolute Gasteiger partial charge is 0.469 e. The molecule has 0 N–H and O–H groups in total. The number of rotatable bonds is 8. The van der Waals surface area contributed by atoms with Crippen molar-refractivity contribution in [3.8, 4) is 0 Å². The first-order valence-corrected chi connectivity index (χ1v) is 10.1. The SMILES string of the molecule is COC(=O)CC(c1ccc(C(F)(F)F)cc1)C(C(=O)c1ccccc1)C(=O)c1ccccc1. The third-order valence-electron chi connectivity index (χ3n) is 5.36. The van der Waals surface area contributed by atoms with Crippen molar-refractivity contribution in [2.75, 3.05) is 7.11 Å². The summed E-state index contributed by atoms with van der Waals surface area (Å²) in [7, 11) is 1.17. The molecule has 0 radical (unpaired) electrons. The van der Waals surface area contributed by atoms with Crippen LogP contribution in [0.3, 0.4) is 0 Å². The number of alkyl halides is 3. The number of ketones is 2. The predicted octanol–water partition coefficient (Wildman–Crippen LogP) is 5.73. The van der Waals surface area contributed by atoms with Crippen LogP contribution >= 0.6 is 0 Å². The van der Waals surface area contributed by atoms with E-state index in [0.717, 1.165) is 12.1 Å². The second-order valence-corrected chi connectivity index (χ2v) is 7.44. The molecule has 0 fully saturated rings. The van der Waals surface area contributed by atoms with Crippen molar-refractivity contribution in [1.82, 2.24) is 0 Å². The molecular formula is C26H21F3O4. The summed E-state index contributed by atoms with van der Waals surface area (Å²) in [5.74, 6) is -4.12. The van der Waals surface area contributed by atoms with Crippen molar-refractivity contribution in [2.24, 2.45) is 5.92 Å². The van der Waals surface area contributed by atoms with Crippen LogP contribution in [0.5, 0.6) is 0 Å². The molecule has 1 unspecified atom stereocenters. The Morgan fingerprint density at radius 1 is 0.758 bits per heavy atom. The number of hydrogen-bond donors (Lipinski definition) is 0. The Kier molecular flexibility index (Phi) is 7.43. The van der Waals surface area contributed by atoms with Gasteiger partial charge in [0.15, 0.2) is 11.6 Å². The molecule has 3 aromatic carbocycles. The number of methoxy groups -OCH3 is 1. The normalized spacial score (nSPS) is 12.3. The van der Waals surface area contributed by atoms with Gasteiger partial charge in [-0.2, -0.15) is 13.2 Å². The molecule has 0 aliphatic heterocycles. The van der Waals surface area contributed by atoms with E-state index in [0.29, 0.717) is 0 Å². The zero-order chi connectivity index (χ0) is 24.0. The van der Waals surface area contributed by atoms with Crippen LogP contribution < -0.4 is 0 Å². The lowest BCUT2D eigenvalue weighted by molar-refractivity contribution is -0.141. The van der Waals surface area contributed by atoms with E-state index >= 15 is 0 Å². The fourth-order valence-electron chi connectivity index (χ4n) is 3.66. The molecule has 0 saturated carbocycles. The summed E-state index contributed by atoms with van der Waals surface area (Å²) < 4.78 is 43.9. The molecule has 0 aliphatic carbocycles. The number of ether oxygens (including phenoxy) is 1. The minimum atomic E-state index is -4.55. The van der Waals surface area contributed by atoms with Crippen molar-refractivity contribution < 1.29 is 32.3 Å². The van der Waals surface area contributed by atoms with Crippen molar-refractivity contribution in [1.29, 1.82) is 0 Å². The fraction of sp³-hybridized carbons (Fsp3) is 0.192. The molecule has 0 saturated heterocycles. The lowest BCUT2D eigenvalue weighted by atomic mass is 9.75. The maximum Gasteiger partial charge on any atom is 0.416 e. The monoisotopic (exact) mass is 454 g/mol. The Morgan fingerprint density at radius 2 is 1.21 bits per heavy atom. The number of benzene rings is 3. The second kappa shape index (κ2) is 10.3. The van der Waals surface area contributed by atoms with Gasteiger partial charge < -0.3 is 4.74 Å². The number of halogens is 3. The molecule has 0 aliphatic rings. The van der Waals surface area contributed by atoms with Gasteiger partial charge in [-0.15, -0.1) is 0 Å². The second-order valence-electron chi connectivity index (χ2n) is 7.44. The highest BCUT2D eigenvalue weighted by atomic mass is 19.4. The van der Waals surface area contributed by atoms with Crippen LogP contribution in [-0.4, -0.2) is 24.6 Å². The fourth-order valence-corrected chi connectivity index (χ4v) is 3.66. The van der Waals surface area contributed by atoms with Crippen LogP contribution in [0.25, 0.3) is 0 Å². The highest BCUT2D eigenvalue weighted by molar-refractivity contribution is 6.17. The number of hydrogen-bond acceptors (Lipinski definition) is 4.